The van der Waals surface area contributed by atoms with Crippen LogP contribution in [0.5, 0.6) is 0 Å². The van der Waals surface area contributed by atoms with Crippen LogP contribution in [-0.4, -0.2) is 0 Å². The molecule has 0 aromatic carbocycles. The van der Waals surface area contributed by atoms with Crippen molar-refractivity contribution in [3.63, 3.8) is 0 Å². The first kappa shape index (κ1) is 29.2. The first-order chi connectivity index (χ1) is 4.24. The van der Waals surface area contributed by atoms with Crippen molar-refractivity contribution in [2.45, 2.75) is 0 Å². The molecule has 11 heavy (non-hydrogen) atoms. The molecule has 0 spiro atoms. The van der Waals surface area contributed by atoms with Gasteiger partial charge in [-0.3, -0.25) is 0 Å². The van der Waals surface area contributed by atoms with Crippen molar-refractivity contribution in [3.8, 4) is 0 Å². The van der Waals surface area contributed by atoms with Crippen molar-refractivity contribution in [1.82, 2.24) is 0 Å². The molecule has 0 aliphatic carbocycles. The smallest absolute Gasteiger partial charge is 0.844 e. The zero-order valence-electron chi connectivity index (χ0n) is 4.62. The van der Waals surface area contributed by atoms with E-state index in [0.29, 0.717) is 0 Å². The summed E-state index contributed by atoms with van der Waals surface area (Å²) in [6.07, 6.45) is 0. The maximum absolute atomic E-state index is 8.40. The summed E-state index contributed by atoms with van der Waals surface area (Å²) >= 11 is 0. The number of rotatable bonds is 0. The molecule has 0 radical (unpaired) electrons. The van der Waals surface area contributed by atoms with Gasteiger partial charge in [-0.1, -0.05) is 0 Å². The van der Waals surface area contributed by atoms with E-state index in [9.17, 15) is 0 Å². The monoisotopic (exact) mass is 398 g/mol. The summed E-state index contributed by atoms with van der Waals surface area (Å²) in [5.74, 6) is 0. The quantitative estimate of drug-likeness (QED) is 0.295. The summed E-state index contributed by atoms with van der Waals surface area (Å²) in [4.78, 5) is 50.4. The molecule has 0 aliphatic rings. The van der Waals surface area contributed by atoms with Gasteiger partial charge in [-0.05, 0) is 0 Å². The molecule has 0 bridgehead atoms. The predicted molar refractivity (Wildman–Crippen MR) is 24.9 cm³/mol. The van der Waals surface area contributed by atoms with E-state index in [1.807, 2.05) is 0 Å². The van der Waals surface area contributed by atoms with Crippen LogP contribution in [0.2, 0.25) is 0 Å². The van der Waals surface area contributed by atoms with E-state index in [1.165, 1.54) is 0 Å². The topological polar surface area (TPSA) is 138 Å². The summed E-state index contributed by atoms with van der Waals surface area (Å²) in [6, 6.07) is 0. The van der Waals surface area contributed by atoms with Gasteiger partial charge in [-0.15, -0.1) is 0 Å². The second-order valence-electron chi connectivity index (χ2n) is 0.250. The van der Waals surface area contributed by atoms with E-state index in [4.69, 9.17) is 29.4 Å². The Morgan fingerprint density at radius 3 is 0.455 bits per heavy atom. The fraction of sp³-hybridized carbons (Fsp3) is 0. The first-order valence-electron chi connectivity index (χ1n) is 1.22. The Morgan fingerprint density at radius 2 is 0.455 bits per heavy atom. The third-order valence-electron chi connectivity index (χ3n) is 0. The Hall–Kier alpha value is 2.30. The minimum Gasteiger partial charge on any atom is -0.844 e. The van der Waals surface area contributed by atoms with Crippen molar-refractivity contribution in [2.24, 2.45) is 0 Å². The van der Waals surface area contributed by atoms with Crippen molar-refractivity contribution in [3.05, 3.63) is 0 Å². The van der Waals surface area contributed by atoms with Crippen LogP contribution in [0.4, 0.5) is 0 Å². The largest absolute Gasteiger partial charge is 3.00 e. The fourth-order valence-electron chi connectivity index (χ4n) is 0. The summed E-state index contributed by atoms with van der Waals surface area (Å²) in [5, 5.41) is 0. The van der Waals surface area contributed by atoms with Crippen molar-refractivity contribution >= 4 is 27.1 Å². The van der Waals surface area contributed by atoms with Gasteiger partial charge in [0.15, 0.2) is 0 Å². The molecule has 0 aromatic heterocycles. The van der Waals surface area contributed by atoms with Gasteiger partial charge < -0.3 is 56.5 Å². The van der Waals surface area contributed by atoms with Crippen LogP contribution in [0.3, 0.4) is 0 Å². The van der Waals surface area contributed by atoms with Crippen LogP contribution in [0.15, 0.2) is 0 Å². The molecular formula is H3O6P3Rh2. The zero-order chi connectivity index (χ0) is 8.12. The molecule has 0 heterocycles. The molecule has 0 unspecified atom stereocenters. The molecule has 0 aliphatic heterocycles. The average Bonchev–Trinajstić information content (AvgIpc) is 1.70. The molecule has 0 amide bonds. The molecule has 0 fully saturated rings. The minimum absolute atomic E-state index is 0. The van der Waals surface area contributed by atoms with Gasteiger partial charge in [0.1, 0.15) is 0 Å². The van der Waals surface area contributed by atoms with Crippen molar-refractivity contribution in [1.29, 1.82) is 0 Å². The second-order valence-corrected chi connectivity index (χ2v) is 0.750. The van der Waals surface area contributed by atoms with Crippen molar-refractivity contribution < 1.29 is 68.3 Å². The van der Waals surface area contributed by atoms with Gasteiger partial charge in [0.05, 0.1) is 0 Å². The molecule has 6 nitrogen and oxygen atoms in total. The minimum atomic E-state index is -1.42. The van der Waals surface area contributed by atoms with E-state index in [0.717, 1.165) is 0 Å². The van der Waals surface area contributed by atoms with E-state index < -0.39 is 27.1 Å². The number of hydrogen-bond donors (Lipinski definition) is 0. The Balaban J connectivity index is -0.0000000150. The van der Waals surface area contributed by atoms with Crippen LogP contribution >= 0.6 is 27.1 Å². The predicted octanol–water partition coefficient (Wildman–Crippen LogP) is -5.36. The molecule has 0 rings (SSSR count). The summed E-state index contributed by atoms with van der Waals surface area (Å²) in [5.41, 5.74) is 0. The second kappa shape index (κ2) is 55.9. The van der Waals surface area contributed by atoms with E-state index in [2.05, 4.69) is 0 Å². The van der Waals surface area contributed by atoms with Gasteiger partial charge in [-0.25, -0.2) is 0 Å². The fourth-order valence-corrected chi connectivity index (χ4v) is 0. The van der Waals surface area contributed by atoms with Crippen LogP contribution in [0, 0.1) is 0 Å². The number of hydrogen-bond acceptors (Lipinski definition) is 6. The van der Waals surface area contributed by atoms with E-state index >= 15 is 0 Å². The molecule has 0 aromatic rings. The van der Waals surface area contributed by atoms with Crippen LogP contribution in [-0.2, 0) is 39.0 Å². The first-order valence-corrected chi connectivity index (χ1v) is 3.67. The SMILES string of the molecule is [O-]P[O-].[O-]P[O-].[O-]P[O-].[Rh+3].[Rh+3]. The normalized spacial score (nSPS) is 4.91. The van der Waals surface area contributed by atoms with Gasteiger partial charge in [0.2, 0.25) is 0 Å². The summed E-state index contributed by atoms with van der Waals surface area (Å²) in [7, 11) is -4.25. The van der Waals surface area contributed by atoms with Gasteiger partial charge >= 0.3 is 39.0 Å². The van der Waals surface area contributed by atoms with E-state index in [1.54, 1.807) is 0 Å². The van der Waals surface area contributed by atoms with Crippen LogP contribution in [0.25, 0.3) is 0 Å². The van der Waals surface area contributed by atoms with Crippen LogP contribution in [0.1, 0.15) is 0 Å². The maximum atomic E-state index is 8.40. The molecule has 11 heteroatoms. The Bertz CT molecular complexity index is 20.5. The zero-order valence-corrected chi connectivity index (χ0v) is 10.9. The molecule has 72 valence electrons. The van der Waals surface area contributed by atoms with Crippen molar-refractivity contribution in [2.75, 3.05) is 0 Å². The summed E-state index contributed by atoms with van der Waals surface area (Å²) < 4.78 is 0. The molecule has 0 N–H and O–H groups in total. The third kappa shape index (κ3) is 247. The Morgan fingerprint density at radius 1 is 0.455 bits per heavy atom. The Labute approximate surface area is 95.2 Å². The maximum Gasteiger partial charge on any atom is 3.00 e. The molecule has 0 saturated carbocycles. The third-order valence-corrected chi connectivity index (χ3v) is 0. The molecule has 0 atom stereocenters. The van der Waals surface area contributed by atoms with Gasteiger partial charge in [-0.2, -0.15) is 0 Å². The molecule has 0 saturated heterocycles. The van der Waals surface area contributed by atoms with E-state index in [-0.39, 0.29) is 39.0 Å². The van der Waals surface area contributed by atoms with Gasteiger partial charge in [0.25, 0.3) is 0 Å². The summed E-state index contributed by atoms with van der Waals surface area (Å²) in [6.45, 7) is 0. The molecular weight excluding hydrogens is 395 g/mol. The average molecular weight is 398 g/mol. The standard InChI is InChI=1S/3HO2P.2Rh/c3*1-3-2;;/h3*3H;;/q3*-2;2*+3. The van der Waals surface area contributed by atoms with Gasteiger partial charge in [0, 0.05) is 0 Å². The Kier molecular flexibility index (Phi) is 149. The van der Waals surface area contributed by atoms with Crippen LogP contribution < -0.4 is 29.4 Å².